The molecular weight excluding hydrogens is 313 g/mol. The van der Waals surface area contributed by atoms with Crippen LogP contribution in [0.25, 0.3) is 11.2 Å². The minimum atomic E-state index is -2.08. The van der Waals surface area contributed by atoms with Gasteiger partial charge in [0.15, 0.2) is 23.0 Å². The first kappa shape index (κ1) is 15.8. The first-order chi connectivity index (χ1) is 10.8. The third kappa shape index (κ3) is 1.97. The molecule has 1 fully saturated rings. The zero-order valence-electron chi connectivity index (χ0n) is 12.1. The van der Waals surface area contributed by atoms with Gasteiger partial charge in [-0.2, -0.15) is 4.98 Å². The van der Waals surface area contributed by atoms with E-state index in [4.69, 9.17) is 10.5 Å². The van der Waals surface area contributed by atoms with E-state index in [2.05, 4.69) is 15.0 Å². The molecule has 0 aromatic carbocycles. The second-order valence-corrected chi connectivity index (χ2v) is 5.66. The predicted octanol–water partition coefficient (Wildman–Crippen LogP) is -1.96. The van der Waals surface area contributed by atoms with Gasteiger partial charge in [-0.25, -0.2) is 9.37 Å². The number of aliphatic hydroxyl groups excluding tert-OH is 2. The van der Waals surface area contributed by atoms with Crippen molar-refractivity contribution in [1.82, 2.24) is 19.5 Å². The maximum absolute atomic E-state index is 13.4. The number of fused-ring (bicyclic) bond motifs is 1. The number of ether oxygens (including phenoxy) is 1. The molecule has 0 bridgehead atoms. The fourth-order valence-corrected chi connectivity index (χ4v) is 2.71. The number of hydrogen-bond donors (Lipinski definition) is 5. The lowest BCUT2D eigenvalue weighted by Crippen LogP contribution is -2.57. The van der Waals surface area contributed by atoms with Crippen LogP contribution in [-0.4, -0.2) is 65.4 Å². The molecule has 1 aliphatic heterocycles. The van der Waals surface area contributed by atoms with Gasteiger partial charge in [0.25, 0.3) is 5.56 Å². The summed E-state index contributed by atoms with van der Waals surface area (Å²) in [4.78, 5) is 21.8. The van der Waals surface area contributed by atoms with Gasteiger partial charge in [-0.3, -0.25) is 14.3 Å². The first-order valence-electron chi connectivity index (χ1n) is 6.75. The van der Waals surface area contributed by atoms with Gasteiger partial charge in [-0.1, -0.05) is 0 Å². The highest BCUT2D eigenvalue weighted by molar-refractivity contribution is 5.70. The van der Waals surface area contributed by atoms with Crippen molar-refractivity contribution in [3.8, 4) is 0 Å². The minimum Gasteiger partial charge on any atom is -0.393 e. The van der Waals surface area contributed by atoms with Gasteiger partial charge in [-0.15, -0.1) is 0 Å². The van der Waals surface area contributed by atoms with Crippen molar-refractivity contribution >= 4 is 17.1 Å². The molecule has 23 heavy (non-hydrogen) atoms. The number of nitrogen functional groups attached to an aromatic ring is 1. The van der Waals surface area contributed by atoms with Crippen LogP contribution in [0, 0.1) is 0 Å². The Labute approximate surface area is 128 Å². The van der Waals surface area contributed by atoms with Gasteiger partial charge >= 0.3 is 0 Å². The Balaban J connectivity index is 2.15. The van der Waals surface area contributed by atoms with Crippen LogP contribution < -0.4 is 11.3 Å². The van der Waals surface area contributed by atoms with Crippen LogP contribution in [0.15, 0.2) is 11.1 Å². The molecule has 11 heteroatoms. The molecule has 1 aliphatic rings. The lowest BCUT2D eigenvalue weighted by Gasteiger charge is -2.35. The van der Waals surface area contributed by atoms with E-state index in [1.54, 1.807) is 0 Å². The number of rotatable bonds is 3. The van der Waals surface area contributed by atoms with E-state index in [1.807, 2.05) is 0 Å². The highest BCUT2D eigenvalue weighted by Crippen LogP contribution is 2.45. The number of aromatic amines is 1. The molecule has 10 nitrogen and oxygen atoms in total. The summed E-state index contributed by atoms with van der Waals surface area (Å²) in [5.74, 6) is -0.178. The Kier molecular flexibility index (Phi) is 3.41. The van der Waals surface area contributed by atoms with Gasteiger partial charge < -0.3 is 25.8 Å². The van der Waals surface area contributed by atoms with E-state index in [0.29, 0.717) is 0 Å². The molecule has 3 rings (SSSR count). The van der Waals surface area contributed by atoms with E-state index >= 15 is 0 Å². The van der Waals surface area contributed by atoms with Crippen LogP contribution in [-0.2, 0) is 4.74 Å². The zero-order chi connectivity index (χ0) is 17.0. The third-order valence-electron chi connectivity index (χ3n) is 4.31. The maximum Gasteiger partial charge on any atom is 0.280 e. The highest BCUT2D eigenvalue weighted by Gasteiger charge is 2.63. The number of hydrogen-bond acceptors (Lipinski definition) is 8. The highest BCUT2D eigenvalue weighted by atomic mass is 19.1. The second-order valence-electron chi connectivity index (χ2n) is 5.66. The molecule has 2 aromatic rings. The lowest BCUT2D eigenvalue weighted by molar-refractivity contribution is -0.169. The van der Waals surface area contributed by atoms with E-state index < -0.39 is 42.4 Å². The average molecular weight is 329 g/mol. The monoisotopic (exact) mass is 329 g/mol. The summed E-state index contributed by atoms with van der Waals surface area (Å²) in [5.41, 5.74) is 0.739. The fraction of sp³-hybridized carbons (Fsp3) is 0.583. The molecule has 0 amide bonds. The summed E-state index contributed by atoms with van der Waals surface area (Å²) >= 11 is 0. The summed E-state index contributed by atoms with van der Waals surface area (Å²) < 4.78 is 20.0. The molecular formula is C12H16FN5O5. The number of nitrogens with two attached hydrogens (primary N) is 1. The normalized spacial score (nSPS) is 34.3. The molecule has 3 heterocycles. The van der Waals surface area contributed by atoms with Gasteiger partial charge in [0.05, 0.1) is 12.9 Å². The van der Waals surface area contributed by atoms with Crippen molar-refractivity contribution in [3.63, 3.8) is 0 Å². The summed E-state index contributed by atoms with van der Waals surface area (Å²) in [6.45, 7) is -0.930. The molecule has 0 aliphatic carbocycles. The molecule has 2 aromatic heterocycles. The van der Waals surface area contributed by atoms with E-state index in [9.17, 15) is 24.5 Å². The summed E-state index contributed by atoms with van der Waals surface area (Å²) in [6, 6.07) is 0. The molecule has 126 valence electrons. The molecule has 6 N–H and O–H groups in total. The van der Waals surface area contributed by atoms with Crippen molar-refractivity contribution in [3.05, 3.63) is 16.7 Å². The average Bonchev–Trinajstić information content (AvgIpc) is 2.99. The topological polar surface area (TPSA) is 160 Å². The van der Waals surface area contributed by atoms with Crippen molar-refractivity contribution in [1.29, 1.82) is 0 Å². The van der Waals surface area contributed by atoms with Crippen molar-refractivity contribution in [2.24, 2.45) is 0 Å². The number of halogens is 1. The number of imidazole rings is 1. The predicted molar refractivity (Wildman–Crippen MR) is 75.1 cm³/mol. The largest absolute Gasteiger partial charge is 0.393 e. The van der Waals surface area contributed by atoms with Crippen molar-refractivity contribution in [2.45, 2.75) is 30.5 Å². The van der Waals surface area contributed by atoms with Crippen molar-refractivity contribution < 1.29 is 24.4 Å². The lowest BCUT2D eigenvalue weighted by atomic mass is 9.83. The Morgan fingerprint density at radius 1 is 1.61 bits per heavy atom. The minimum absolute atomic E-state index is 0.00121. The quantitative estimate of drug-likeness (QED) is 0.434. The fourth-order valence-electron chi connectivity index (χ4n) is 2.71. The maximum atomic E-state index is 13.4. The Hall–Kier alpha value is -2.08. The Morgan fingerprint density at radius 2 is 2.30 bits per heavy atom. The van der Waals surface area contributed by atoms with Gasteiger partial charge in [0.2, 0.25) is 5.95 Å². The molecule has 0 saturated carbocycles. The molecule has 4 atom stereocenters. The Morgan fingerprint density at radius 3 is 2.87 bits per heavy atom. The summed E-state index contributed by atoms with van der Waals surface area (Å²) in [5, 5.41) is 30.2. The van der Waals surface area contributed by atoms with E-state index in [-0.39, 0.29) is 17.1 Å². The van der Waals surface area contributed by atoms with Crippen LogP contribution in [0.1, 0.15) is 13.2 Å². The number of aromatic nitrogens is 4. The number of anilines is 1. The van der Waals surface area contributed by atoms with Crippen LogP contribution in [0.3, 0.4) is 0 Å². The Bertz CT molecular complexity index is 799. The number of H-pyrrole nitrogens is 1. The first-order valence-corrected chi connectivity index (χ1v) is 6.75. The number of nitrogens with zero attached hydrogens (tertiary/aromatic N) is 3. The van der Waals surface area contributed by atoms with E-state index in [0.717, 1.165) is 17.8 Å². The number of aliphatic hydroxyl groups is 3. The standard InChI is InChI=1S/C12H16FN5O5/c1-11(22)6(20)9(23-12(11,2-13)3-19)18-4-15-5-7(18)16-10(14)17-8(5)21/h4,6,9,19-20,22H,2-3H2,1H3,(H3,14,16,17,21)/t6-,9+,11+,12+/m0/s1. The number of alkyl halides is 1. The van der Waals surface area contributed by atoms with Crippen LogP contribution in [0.5, 0.6) is 0 Å². The SMILES string of the molecule is C[C@@]1(O)[C@@H](O)[C@H](n2cnc3c(=O)[nH]c(N)nc32)O[C@@]1(CO)CF. The van der Waals surface area contributed by atoms with Crippen LogP contribution in [0.2, 0.25) is 0 Å². The smallest absolute Gasteiger partial charge is 0.280 e. The molecule has 1 saturated heterocycles. The van der Waals surface area contributed by atoms with E-state index in [1.165, 1.54) is 0 Å². The van der Waals surface area contributed by atoms with Crippen molar-refractivity contribution in [2.75, 3.05) is 19.0 Å². The second kappa shape index (κ2) is 4.96. The molecule has 0 spiro atoms. The van der Waals surface area contributed by atoms with Gasteiger partial charge in [-0.05, 0) is 6.92 Å². The third-order valence-corrected chi connectivity index (χ3v) is 4.31. The van der Waals surface area contributed by atoms with Crippen LogP contribution >= 0.6 is 0 Å². The molecule has 0 unspecified atom stereocenters. The van der Waals surface area contributed by atoms with Crippen LogP contribution in [0.4, 0.5) is 10.3 Å². The summed E-state index contributed by atoms with van der Waals surface area (Å²) in [7, 11) is 0. The summed E-state index contributed by atoms with van der Waals surface area (Å²) in [6.07, 6.45) is -1.76. The zero-order valence-corrected chi connectivity index (χ0v) is 12.1. The molecule has 0 radical (unpaired) electrons. The number of nitrogens with one attached hydrogen (secondary N) is 1. The van der Waals surface area contributed by atoms with Gasteiger partial charge in [0, 0.05) is 0 Å². The van der Waals surface area contributed by atoms with Gasteiger partial charge in [0.1, 0.15) is 18.4 Å².